The van der Waals surface area contributed by atoms with Crippen LogP contribution in [0.1, 0.15) is 476 Å². The van der Waals surface area contributed by atoms with E-state index in [1.54, 1.807) is 6.08 Å². The molecule has 0 aromatic rings. The van der Waals surface area contributed by atoms with Gasteiger partial charge in [0.25, 0.3) is 0 Å². The van der Waals surface area contributed by atoms with Crippen LogP contribution in [0.5, 0.6) is 0 Å². The summed E-state index contributed by atoms with van der Waals surface area (Å²) in [4.78, 5) is 25.3. The van der Waals surface area contributed by atoms with Crippen molar-refractivity contribution in [1.29, 1.82) is 0 Å². The number of hydrogen-bond donors (Lipinski definition) is 6. The van der Waals surface area contributed by atoms with Crippen molar-refractivity contribution in [3.8, 4) is 0 Å². The van der Waals surface area contributed by atoms with Crippen LogP contribution in [0.3, 0.4) is 0 Å². The molecule has 1 aliphatic rings. The molecule has 0 spiro atoms. The van der Waals surface area contributed by atoms with Crippen molar-refractivity contribution in [2.75, 3.05) is 19.8 Å². The molecule has 7 unspecified atom stereocenters. The summed E-state index contributed by atoms with van der Waals surface area (Å²) in [5.74, 6) is -0.152. The standard InChI is InChI=1S/C90H173NO10/c1-3-5-7-9-11-13-15-17-19-20-42-46-50-54-58-62-66-70-74-78-86(95)99-79-75-71-67-63-59-55-51-47-44-41-39-37-35-33-31-29-27-25-23-21-22-24-26-28-30-32-34-36-38-40-43-45-49-53-57-61-65-69-73-77-85(94)91-82(81-100-90-89(98)88(97)87(96)84(80-92)101-90)83(93)76-72-68-64-60-56-52-48-18-16-14-12-10-8-6-4-2/h17,19,72,76,82-84,87-90,92-93,96-98H,3-16,18,20-71,73-75,77-81H2,1-2H3,(H,91,94)/b19-17-,76-72+. The van der Waals surface area contributed by atoms with E-state index in [1.165, 1.54) is 398 Å². The lowest BCUT2D eigenvalue weighted by atomic mass is 9.99. The molecule has 7 atom stereocenters. The van der Waals surface area contributed by atoms with Crippen LogP contribution in [-0.2, 0) is 23.8 Å². The van der Waals surface area contributed by atoms with Crippen molar-refractivity contribution in [2.45, 2.75) is 519 Å². The van der Waals surface area contributed by atoms with E-state index < -0.39 is 49.5 Å². The number of aliphatic hydroxyl groups is 5. The number of esters is 1. The van der Waals surface area contributed by atoms with Gasteiger partial charge in [-0.15, -0.1) is 0 Å². The minimum absolute atomic E-state index is 0.0192. The van der Waals surface area contributed by atoms with Crippen LogP contribution >= 0.6 is 0 Å². The first-order valence-electron chi connectivity index (χ1n) is 45.1. The average Bonchev–Trinajstić information content (AvgIpc) is 0.823. The minimum Gasteiger partial charge on any atom is -0.466 e. The zero-order valence-electron chi connectivity index (χ0n) is 67.2. The maximum Gasteiger partial charge on any atom is 0.305 e. The van der Waals surface area contributed by atoms with Gasteiger partial charge in [-0.1, -0.05) is 430 Å². The molecule has 6 N–H and O–H groups in total. The highest BCUT2D eigenvalue weighted by Crippen LogP contribution is 2.25. The third-order valence-corrected chi connectivity index (χ3v) is 21.8. The zero-order chi connectivity index (χ0) is 72.9. The fraction of sp³-hybridized carbons (Fsp3) is 0.933. The van der Waals surface area contributed by atoms with Crippen LogP contribution < -0.4 is 5.32 Å². The molecule has 1 saturated heterocycles. The summed E-state index contributed by atoms with van der Waals surface area (Å²) in [5, 5.41) is 54.7. The van der Waals surface area contributed by atoms with Gasteiger partial charge in [-0.2, -0.15) is 0 Å². The topological polar surface area (TPSA) is 175 Å². The van der Waals surface area contributed by atoms with E-state index >= 15 is 0 Å². The maximum atomic E-state index is 13.1. The van der Waals surface area contributed by atoms with Gasteiger partial charge < -0.3 is 45.1 Å². The first-order chi connectivity index (χ1) is 49.7. The lowest BCUT2D eigenvalue weighted by Gasteiger charge is -2.40. The third kappa shape index (κ3) is 67.2. The van der Waals surface area contributed by atoms with Crippen LogP contribution in [0.25, 0.3) is 0 Å². The molecule has 0 aromatic carbocycles. The van der Waals surface area contributed by atoms with E-state index in [1.807, 2.05) is 6.08 Å². The second-order valence-electron chi connectivity index (χ2n) is 31.7. The molecule has 1 fully saturated rings. The van der Waals surface area contributed by atoms with Gasteiger partial charge >= 0.3 is 5.97 Å². The Morgan fingerprint density at radius 3 is 0.950 bits per heavy atom. The van der Waals surface area contributed by atoms with Crippen molar-refractivity contribution in [3.05, 3.63) is 24.3 Å². The molecule has 0 saturated carbocycles. The monoisotopic (exact) mass is 1430 g/mol. The Bertz CT molecular complexity index is 1730. The van der Waals surface area contributed by atoms with Crippen molar-refractivity contribution in [3.63, 3.8) is 0 Å². The first-order valence-corrected chi connectivity index (χ1v) is 45.1. The number of hydrogen-bond acceptors (Lipinski definition) is 10. The lowest BCUT2D eigenvalue weighted by molar-refractivity contribution is -0.302. The normalized spacial score (nSPS) is 17.1. The molecule has 1 heterocycles. The number of ether oxygens (including phenoxy) is 3. The molecule has 0 aliphatic carbocycles. The van der Waals surface area contributed by atoms with E-state index in [-0.39, 0.29) is 18.5 Å². The van der Waals surface area contributed by atoms with Gasteiger partial charge in [-0.3, -0.25) is 9.59 Å². The smallest absolute Gasteiger partial charge is 0.305 e. The maximum absolute atomic E-state index is 13.1. The molecule has 0 radical (unpaired) electrons. The summed E-state index contributed by atoms with van der Waals surface area (Å²) < 4.78 is 16.8. The molecule has 11 heteroatoms. The second kappa shape index (κ2) is 79.2. The Kier molecular flexibility index (Phi) is 76.2. The number of allylic oxidation sites excluding steroid dienone is 3. The van der Waals surface area contributed by atoms with E-state index in [0.717, 1.165) is 51.4 Å². The second-order valence-corrected chi connectivity index (χ2v) is 31.7. The Labute approximate surface area is 626 Å². The van der Waals surface area contributed by atoms with Crippen LogP contribution in [0.2, 0.25) is 0 Å². The lowest BCUT2D eigenvalue weighted by Crippen LogP contribution is -2.60. The van der Waals surface area contributed by atoms with Gasteiger partial charge in [0.2, 0.25) is 5.91 Å². The highest BCUT2D eigenvalue weighted by Gasteiger charge is 2.44. The number of nitrogens with one attached hydrogen (secondary N) is 1. The van der Waals surface area contributed by atoms with E-state index in [2.05, 4.69) is 31.3 Å². The molecule has 1 rings (SSSR count). The number of carbonyl (C=O) groups excluding carboxylic acids is 2. The summed E-state index contributed by atoms with van der Waals surface area (Å²) in [6, 6.07) is -0.806. The molecule has 11 nitrogen and oxygen atoms in total. The highest BCUT2D eigenvalue weighted by atomic mass is 16.7. The molecular weight excluding hydrogens is 1250 g/mol. The Morgan fingerprint density at radius 2 is 0.634 bits per heavy atom. The molecule has 0 aromatic heterocycles. The molecule has 1 aliphatic heterocycles. The Hall–Kier alpha value is -1.86. The molecule has 101 heavy (non-hydrogen) atoms. The highest BCUT2D eigenvalue weighted by molar-refractivity contribution is 5.76. The summed E-state index contributed by atoms with van der Waals surface area (Å²) in [6.07, 6.45) is 93.9. The van der Waals surface area contributed by atoms with Gasteiger partial charge in [-0.05, 0) is 57.8 Å². The average molecular weight is 1430 g/mol. The minimum atomic E-state index is -1.57. The van der Waals surface area contributed by atoms with Gasteiger partial charge in [0.1, 0.15) is 24.4 Å². The quantitative estimate of drug-likeness (QED) is 0.0195. The van der Waals surface area contributed by atoms with Crippen molar-refractivity contribution in [1.82, 2.24) is 5.32 Å². The number of rotatable bonds is 82. The van der Waals surface area contributed by atoms with E-state index in [9.17, 15) is 35.1 Å². The largest absolute Gasteiger partial charge is 0.466 e. The molecule has 1 amide bonds. The van der Waals surface area contributed by atoms with Crippen LogP contribution in [0.4, 0.5) is 0 Å². The summed E-state index contributed by atoms with van der Waals surface area (Å²) in [6.45, 7) is 4.42. The van der Waals surface area contributed by atoms with E-state index in [0.29, 0.717) is 19.4 Å². The predicted molar refractivity (Wildman–Crippen MR) is 431 cm³/mol. The summed E-state index contributed by atoms with van der Waals surface area (Å²) in [7, 11) is 0. The number of aliphatic hydroxyl groups excluding tert-OH is 5. The third-order valence-electron chi connectivity index (χ3n) is 21.8. The predicted octanol–water partition coefficient (Wildman–Crippen LogP) is 25.4. The summed E-state index contributed by atoms with van der Waals surface area (Å²) >= 11 is 0. The molecule has 0 bridgehead atoms. The first kappa shape index (κ1) is 97.2. The number of amides is 1. The van der Waals surface area contributed by atoms with Gasteiger partial charge in [0.15, 0.2) is 6.29 Å². The van der Waals surface area contributed by atoms with Crippen molar-refractivity contribution < 1.29 is 49.3 Å². The molecule has 598 valence electrons. The number of carbonyl (C=O) groups is 2. The van der Waals surface area contributed by atoms with Crippen molar-refractivity contribution >= 4 is 11.9 Å². The zero-order valence-corrected chi connectivity index (χ0v) is 67.2. The SMILES string of the molecule is CCCCCCCC/C=C\CCCCCCCCCCCC(=O)OCCCCCCCCCCCCCCCCCCCCCCCCCCCCCCCCCCCCCCCCCC(=O)NC(COC1OC(CO)C(O)C(O)C1O)C(O)/C=C/CCCCCCCCCCCCCCC. The van der Waals surface area contributed by atoms with Crippen molar-refractivity contribution in [2.24, 2.45) is 0 Å². The Morgan fingerprint density at radius 1 is 0.356 bits per heavy atom. The van der Waals surface area contributed by atoms with Gasteiger partial charge in [-0.25, -0.2) is 0 Å². The fourth-order valence-electron chi connectivity index (χ4n) is 14.8. The van der Waals surface area contributed by atoms with Crippen LogP contribution in [-0.4, -0.2) is 100 Å². The fourth-order valence-corrected chi connectivity index (χ4v) is 14.8. The van der Waals surface area contributed by atoms with Crippen LogP contribution in [0, 0.1) is 0 Å². The van der Waals surface area contributed by atoms with Gasteiger partial charge in [0, 0.05) is 12.8 Å². The molecular formula is C90H173NO10. The van der Waals surface area contributed by atoms with E-state index in [4.69, 9.17) is 14.2 Å². The number of unbranched alkanes of at least 4 members (excludes halogenated alkanes) is 66. The Balaban J connectivity index is 1.85. The van der Waals surface area contributed by atoms with Crippen LogP contribution in [0.15, 0.2) is 24.3 Å². The summed E-state index contributed by atoms with van der Waals surface area (Å²) in [5.41, 5.74) is 0. The van der Waals surface area contributed by atoms with Gasteiger partial charge in [0.05, 0.1) is 32.0 Å².